The van der Waals surface area contributed by atoms with Crippen molar-refractivity contribution in [1.82, 2.24) is 9.88 Å². The SMILES string of the molecule is COCc1csc([C@H]2CCCN2C(=O)O)n1. The highest BCUT2D eigenvalue weighted by Gasteiger charge is 2.31. The van der Waals surface area contributed by atoms with Crippen molar-refractivity contribution in [3.8, 4) is 0 Å². The van der Waals surface area contributed by atoms with Crippen molar-refractivity contribution in [1.29, 1.82) is 0 Å². The topological polar surface area (TPSA) is 62.7 Å². The molecule has 1 saturated heterocycles. The van der Waals surface area contributed by atoms with Gasteiger partial charge in [0, 0.05) is 19.0 Å². The van der Waals surface area contributed by atoms with Gasteiger partial charge in [0.1, 0.15) is 5.01 Å². The molecule has 0 aromatic carbocycles. The summed E-state index contributed by atoms with van der Waals surface area (Å²) in [7, 11) is 1.62. The van der Waals surface area contributed by atoms with E-state index in [1.54, 1.807) is 7.11 Å². The number of rotatable bonds is 3. The van der Waals surface area contributed by atoms with Crippen LogP contribution in [0.3, 0.4) is 0 Å². The monoisotopic (exact) mass is 242 g/mol. The molecule has 1 atom stereocenters. The highest BCUT2D eigenvalue weighted by Crippen LogP contribution is 2.33. The first kappa shape index (κ1) is 11.3. The molecule has 6 heteroatoms. The Morgan fingerprint density at radius 2 is 2.62 bits per heavy atom. The van der Waals surface area contributed by atoms with Gasteiger partial charge in [-0.3, -0.25) is 4.90 Å². The summed E-state index contributed by atoms with van der Waals surface area (Å²) in [5, 5.41) is 11.8. The number of likely N-dealkylation sites (tertiary alicyclic amines) is 1. The normalized spacial score (nSPS) is 20.3. The molecule has 1 aromatic heterocycles. The molecule has 0 aliphatic carbocycles. The summed E-state index contributed by atoms with van der Waals surface area (Å²) in [6, 6.07) is -0.0619. The molecule has 1 amide bonds. The molecule has 0 bridgehead atoms. The molecule has 1 N–H and O–H groups in total. The fourth-order valence-corrected chi connectivity index (χ4v) is 2.89. The van der Waals surface area contributed by atoms with Crippen LogP contribution >= 0.6 is 11.3 Å². The van der Waals surface area contributed by atoms with Crippen LogP contribution in [0.2, 0.25) is 0 Å². The van der Waals surface area contributed by atoms with Crippen LogP contribution in [-0.2, 0) is 11.3 Å². The van der Waals surface area contributed by atoms with E-state index in [-0.39, 0.29) is 6.04 Å². The third-order valence-electron chi connectivity index (χ3n) is 2.65. The third kappa shape index (κ3) is 2.17. The van der Waals surface area contributed by atoms with E-state index < -0.39 is 6.09 Å². The Hall–Kier alpha value is -1.14. The first-order valence-corrected chi connectivity index (χ1v) is 6.03. The largest absolute Gasteiger partial charge is 0.465 e. The quantitative estimate of drug-likeness (QED) is 0.881. The molecule has 1 aromatic rings. The smallest absolute Gasteiger partial charge is 0.407 e. The van der Waals surface area contributed by atoms with Crippen molar-refractivity contribution in [3.05, 3.63) is 16.1 Å². The van der Waals surface area contributed by atoms with Gasteiger partial charge in [-0.2, -0.15) is 0 Å². The molecule has 1 fully saturated rings. The molecule has 0 spiro atoms. The van der Waals surface area contributed by atoms with E-state index in [1.165, 1.54) is 16.2 Å². The molecule has 0 unspecified atom stereocenters. The molecule has 16 heavy (non-hydrogen) atoms. The van der Waals surface area contributed by atoms with E-state index in [0.717, 1.165) is 23.5 Å². The molecule has 1 aliphatic rings. The number of amides is 1. The highest BCUT2D eigenvalue weighted by molar-refractivity contribution is 7.09. The van der Waals surface area contributed by atoms with Crippen LogP contribution in [0.4, 0.5) is 4.79 Å². The summed E-state index contributed by atoms with van der Waals surface area (Å²) >= 11 is 1.51. The van der Waals surface area contributed by atoms with E-state index in [4.69, 9.17) is 9.84 Å². The molecule has 88 valence electrons. The summed E-state index contributed by atoms with van der Waals surface area (Å²) in [5.74, 6) is 0. The number of methoxy groups -OCH3 is 1. The van der Waals surface area contributed by atoms with Crippen LogP contribution < -0.4 is 0 Å². The lowest BCUT2D eigenvalue weighted by molar-refractivity contribution is 0.140. The van der Waals surface area contributed by atoms with Crippen molar-refractivity contribution in [2.45, 2.75) is 25.5 Å². The van der Waals surface area contributed by atoms with Crippen LogP contribution in [0.25, 0.3) is 0 Å². The Morgan fingerprint density at radius 3 is 3.31 bits per heavy atom. The lowest BCUT2D eigenvalue weighted by Crippen LogP contribution is -2.28. The zero-order valence-electron chi connectivity index (χ0n) is 9.05. The fourth-order valence-electron chi connectivity index (χ4n) is 1.94. The van der Waals surface area contributed by atoms with Gasteiger partial charge in [0.25, 0.3) is 0 Å². The van der Waals surface area contributed by atoms with Gasteiger partial charge in [-0.1, -0.05) is 0 Å². The van der Waals surface area contributed by atoms with E-state index in [9.17, 15) is 4.79 Å². The maximum Gasteiger partial charge on any atom is 0.407 e. The Kier molecular flexibility index (Phi) is 3.40. The Morgan fingerprint density at radius 1 is 1.81 bits per heavy atom. The van der Waals surface area contributed by atoms with Gasteiger partial charge >= 0.3 is 6.09 Å². The van der Waals surface area contributed by atoms with E-state index in [0.29, 0.717) is 13.2 Å². The maximum absolute atomic E-state index is 11.0. The lowest BCUT2D eigenvalue weighted by Gasteiger charge is -2.18. The van der Waals surface area contributed by atoms with Crippen LogP contribution in [-0.4, -0.2) is 34.7 Å². The summed E-state index contributed by atoms with van der Waals surface area (Å²) in [5.41, 5.74) is 0.875. The number of aromatic nitrogens is 1. The molecular weight excluding hydrogens is 228 g/mol. The Bertz CT molecular complexity index is 380. The molecular formula is C10H14N2O3S. The van der Waals surface area contributed by atoms with Gasteiger partial charge in [0.15, 0.2) is 0 Å². The van der Waals surface area contributed by atoms with Gasteiger partial charge in [0.05, 0.1) is 18.3 Å². The second-order valence-corrected chi connectivity index (χ2v) is 4.63. The molecule has 1 aliphatic heterocycles. The Balaban J connectivity index is 2.13. The van der Waals surface area contributed by atoms with Gasteiger partial charge in [0.2, 0.25) is 0 Å². The first-order valence-electron chi connectivity index (χ1n) is 5.15. The van der Waals surface area contributed by atoms with Crippen molar-refractivity contribution < 1.29 is 14.6 Å². The molecule has 0 saturated carbocycles. The van der Waals surface area contributed by atoms with Gasteiger partial charge in [-0.05, 0) is 12.8 Å². The summed E-state index contributed by atoms with van der Waals surface area (Å²) in [6.07, 6.45) is 0.925. The molecule has 2 heterocycles. The number of carboxylic acid groups (broad SMARTS) is 1. The summed E-state index contributed by atoms with van der Waals surface area (Å²) in [6.45, 7) is 1.09. The van der Waals surface area contributed by atoms with Gasteiger partial charge in [-0.15, -0.1) is 11.3 Å². The van der Waals surface area contributed by atoms with E-state index in [1.807, 2.05) is 5.38 Å². The molecule has 5 nitrogen and oxygen atoms in total. The van der Waals surface area contributed by atoms with Crippen LogP contribution in [0, 0.1) is 0 Å². The fraction of sp³-hybridized carbons (Fsp3) is 0.600. The predicted octanol–water partition coefficient (Wildman–Crippen LogP) is 2.10. The summed E-state index contributed by atoms with van der Waals surface area (Å²) < 4.78 is 4.99. The number of ether oxygens (including phenoxy) is 1. The molecule has 0 radical (unpaired) electrons. The van der Waals surface area contributed by atoms with Crippen molar-refractivity contribution in [2.24, 2.45) is 0 Å². The number of carbonyl (C=O) groups is 1. The zero-order chi connectivity index (χ0) is 11.5. The summed E-state index contributed by atoms with van der Waals surface area (Å²) in [4.78, 5) is 16.9. The second kappa shape index (κ2) is 4.80. The standard InChI is InChI=1S/C10H14N2O3S/c1-15-5-7-6-16-9(11-7)8-3-2-4-12(8)10(13)14/h6,8H,2-5H2,1H3,(H,13,14)/t8-/m1/s1. The number of nitrogens with zero attached hydrogens (tertiary/aromatic N) is 2. The Labute approximate surface area is 97.7 Å². The van der Waals surface area contributed by atoms with Crippen molar-refractivity contribution in [2.75, 3.05) is 13.7 Å². The first-order chi connectivity index (χ1) is 7.72. The minimum absolute atomic E-state index is 0.0619. The van der Waals surface area contributed by atoms with Crippen LogP contribution in [0.5, 0.6) is 0 Å². The maximum atomic E-state index is 11.0. The van der Waals surface area contributed by atoms with Crippen molar-refractivity contribution in [3.63, 3.8) is 0 Å². The lowest BCUT2D eigenvalue weighted by atomic mass is 10.2. The van der Waals surface area contributed by atoms with E-state index >= 15 is 0 Å². The van der Waals surface area contributed by atoms with Gasteiger partial charge in [-0.25, -0.2) is 9.78 Å². The minimum atomic E-state index is -0.856. The highest BCUT2D eigenvalue weighted by atomic mass is 32.1. The number of hydrogen-bond acceptors (Lipinski definition) is 4. The predicted molar refractivity (Wildman–Crippen MR) is 59.5 cm³/mol. The number of thiazole rings is 1. The third-order valence-corrected chi connectivity index (χ3v) is 3.64. The van der Waals surface area contributed by atoms with Crippen LogP contribution in [0.15, 0.2) is 5.38 Å². The van der Waals surface area contributed by atoms with E-state index in [2.05, 4.69) is 4.98 Å². The second-order valence-electron chi connectivity index (χ2n) is 3.74. The average Bonchev–Trinajstić information content (AvgIpc) is 2.83. The zero-order valence-corrected chi connectivity index (χ0v) is 9.87. The molecule has 2 rings (SSSR count). The van der Waals surface area contributed by atoms with Gasteiger partial charge < -0.3 is 9.84 Å². The average molecular weight is 242 g/mol. The minimum Gasteiger partial charge on any atom is -0.465 e. The van der Waals surface area contributed by atoms with Crippen LogP contribution in [0.1, 0.15) is 29.6 Å². The van der Waals surface area contributed by atoms with Crippen molar-refractivity contribution >= 4 is 17.4 Å². The number of hydrogen-bond donors (Lipinski definition) is 1.